The van der Waals surface area contributed by atoms with E-state index in [1.165, 1.54) is 11.1 Å². The predicted octanol–water partition coefficient (Wildman–Crippen LogP) is 5.84. The van der Waals surface area contributed by atoms with Crippen LogP contribution in [-0.2, 0) is 6.42 Å². The summed E-state index contributed by atoms with van der Waals surface area (Å²) in [5.74, 6) is 1.25. The van der Waals surface area contributed by atoms with Crippen LogP contribution in [0.2, 0.25) is 18.1 Å². The average Bonchev–Trinajstić information content (AvgIpc) is 2.80. The quantitative estimate of drug-likeness (QED) is 0.530. The summed E-state index contributed by atoms with van der Waals surface area (Å²) in [6.07, 6.45) is 2.74. The monoisotopic (exact) mass is 416 g/mol. The topological polar surface area (TPSA) is 69.9 Å². The van der Waals surface area contributed by atoms with Crippen molar-refractivity contribution in [2.24, 2.45) is 17.3 Å². The Morgan fingerprint density at radius 2 is 1.79 bits per heavy atom. The second kappa shape index (κ2) is 6.52. The van der Waals surface area contributed by atoms with Gasteiger partial charge >= 0.3 is 0 Å². The Bertz CT molecular complexity index is 853. The molecule has 160 valence electrons. The second-order valence-electron chi connectivity index (χ2n) is 11.2. The van der Waals surface area contributed by atoms with E-state index in [1.54, 1.807) is 0 Å². The normalized spacial score (nSPS) is 34.4. The van der Waals surface area contributed by atoms with E-state index >= 15 is 0 Å². The van der Waals surface area contributed by atoms with Gasteiger partial charge < -0.3 is 19.7 Å². The number of hydrogen-bond donors (Lipinski definition) is 3. The van der Waals surface area contributed by atoms with Crippen molar-refractivity contribution in [1.82, 2.24) is 0 Å². The fourth-order valence-electron chi connectivity index (χ4n) is 5.74. The number of aliphatic hydroxyl groups is 3. The van der Waals surface area contributed by atoms with Crippen molar-refractivity contribution in [2.75, 3.05) is 0 Å². The first-order chi connectivity index (χ1) is 13.4. The SMILES string of the molecule is CC(C)(C)[Si](C)(C)Oc1ccc2c(c1)CC[C@@H]1[C@@H]2CC[C@]2(C)[C@@H](O)C(O)=C(O)[C@@H]12. The molecule has 1 fully saturated rings. The number of hydrogen-bond acceptors (Lipinski definition) is 4. The lowest BCUT2D eigenvalue weighted by atomic mass is 9.55. The number of aliphatic hydroxyl groups excluding tert-OH is 3. The minimum atomic E-state index is -1.87. The molecule has 4 rings (SSSR count). The molecule has 0 aliphatic heterocycles. The zero-order valence-corrected chi connectivity index (χ0v) is 19.6. The summed E-state index contributed by atoms with van der Waals surface area (Å²) in [6.45, 7) is 13.3. The van der Waals surface area contributed by atoms with Crippen LogP contribution in [0.15, 0.2) is 29.7 Å². The molecule has 0 amide bonds. The number of fused-ring (bicyclic) bond motifs is 5. The lowest BCUT2D eigenvalue weighted by molar-refractivity contribution is -0.0334. The summed E-state index contributed by atoms with van der Waals surface area (Å²) in [7, 11) is -1.87. The molecule has 5 atom stereocenters. The van der Waals surface area contributed by atoms with Crippen molar-refractivity contribution >= 4 is 8.32 Å². The highest BCUT2D eigenvalue weighted by atomic mass is 28.4. The Morgan fingerprint density at radius 3 is 2.45 bits per heavy atom. The largest absolute Gasteiger partial charge is 0.543 e. The van der Waals surface area contributed by atoms with E-state index in [9.17, 15) is 15.3 Å². The fourth-order valence-corrected chi connectivity index (χ4v) is 6.76. The Kier molecular flexibility index (Phi) is 4.67. The first-order valence-electron chi connectivity index (χ1n) is 11.0. The van der Waals surface area contributed by atoms with Gasteiger partial charge in [0.2, 0.25) is 8.32 Å². The number of benzene rings is 1. The van der Waals surface area contributed by atoms with Crippen molar-refractivity contribution in [3.63, 3.8) is 0 Å². The van der Waals surface area contributed by atoms with Crippen molar-refractivity contribution in [3.05, 3.63) is 40.8 Å². The summed E-state index contributed by atoms with van der Waals surface area (Å²) in [4.78, 5) is 0. The standard InChI is InChI=1S/C24H36O4Si/c1-23(2,3)29(5,6)28-15-8-10-16-14(13-15)7-9-18-17(16)11-12-24(4)19(18)20(25)21(26)22(24)27/h8,10,13,17-19,22,25-27H,7,9,11-12H2,1-6H3/t17-,18-,19-,22+,24+/m1/s1. The van der Waals surface area contributed by atoms with Crippen LogP contribution >= 0.6 is 0 Å². The molecule has 0 spiro atoms. The van der Waals surface area contributed by atoms with Gasteiger partial charge in [-0.1, -0.05) is 33.8 Å². The molecule has 0 aromatic heterocycles. The van der Waals surface area contributed by atoms with Crippen molar-refractivity contribution in [1.29, 1.82) is 0 Å². The fraction of sp³-hybridized carbons (Fsp3) is 0.667. The lowest BCUT2D eigenvalue weighted by Crippen LogP contribution is -2.46. The van der Waals surface area contributed by atoms with Crippen LogP contribution in [0, 0.1) is 17.3 Å². The lowest BCUT2D eigenvalue weighted by Gasteiger charge is -2.49. The molecule has 0 bridgehead atoms. The number of aryl methyl sites for hydroxylation is 1. The molecule has 3 aliphatic rings. The van der Waals surface area contributed by atoms with Gasteiger partial charge in [-0.2, -0.15) is 0 Å². The van der Waals surface area contributed by atoms with E-state index in [0.717, 1.165) is 31.4 Å². The molecule has 0 radical (unpaired) electrons. The molecule has 0 saturated heterocycles. The molecule has 1 aromatic rings. The van der Waals surface area contributed by atoms with E-state index in [0.29, 0.717) is 5.92 Å². The third-order valence-corrected chi connectivity index (χ3v) is 12.9. The number of rotatable bonds is 2. The predicted molar refractivity (Wildman–Crippen MR) is 118 cm³/mol. The van der Waals surface area contributed by atoms with Gasteiger partial charge in [0.15, 0.2) is 5.76 Å². The molecule has 1 aromatic carbocycles. The molecule has 4 nitrogen and oxygen atoms in total. The summed E-state index contributed by atoms with van der Waals surface area (Å²) >= 11 is 0. The first-order valence-corrected chi connectivity index (χ1v) is 13.9. The van der Waals surface area contributed by atoms with Crippen LogP contribution in [0.1, 0.15) is 64.0 Å². The maximum absolute atomic E-state index is 10.6. The van der Waals surface area contributed by atoms with E-state index in [2.05, 4.69) is 52.1 Å². The van der Waals surface area contributed by atoms with Gasteiger partial charge in [0.05, 0.1) is 0 Å². The Balaban J connectivity index is 1.63. The van der Waals surface area contributed by atoms with E-state index in [1.807, 2.05) is 6.92 Å². The van der Waals surface area contributed by atoms with Crippen LogP contribution in [0.3, 0.4) is 0 Å². The minimum Gasteiger partial charge on any atom is -0.543 e. The molecule has 0 unspecified atom stereocenters. The van der Waals surface area contributed by atoms with Crippen molar-refractivity contribution in [2.45, 2.75) is 83.5 Å². The van der Waals surface area contributed by atoms with Gasteiger partial charge in [-0.05, 0) is 78.9 Å². The maximum Gasteiger partial charge on any atom is 0.250 e. The van der Waals surface area contributed by atoms with Gasteiger partial charge in [-0.25, -0.2) is 0 Å². The number of allylic oxidation sites excluding steroid dienone is 1. The van der Waals surface area contributed by atoms with Gasteiger partial charge in [0.25, 0.3) is 0 Å². The maximum atomic E-state index is 10.6. The van der Waals surface area contributed by atoms with Crippen molar-refractivity contribution in [3.8, 4) is 5.75 Å². The first kappa shape index (κ1) is 20.8. The second-order valence-corrected chi connectivity index (χ2v) is 16.0. The molecule has 1 saturated carbocycles. The Labute approximate surface area is 175 Å². The van der Waals surface area contributed by atoms with E-state index < -0.39 is 19.8 Å². The molecule has 3 aliphatic carbocycles. The highest BCUT2D eigenvalue weighted by molar-refractivity contribution is 6.74. The van der Waals surface area contributed by atoms with Gasteiger partial charge in [-0.15, -0.1) is 0 Å². The van der Waals surface area contributed by atoms with Crippen LogP contribution in [0.5, 0.6) is 5.75 Å². The minimum absolute atomic E-state index is 0.0241. The van der Waals surface area contributed by atoms with Gasteiger partial charge in [0.1, 0.15) is 17.6 Å². The van der Waals surface area contributed by atoms with Crippen LogP contribution in [0.25, 0.3) is 0 Å². The summed E-state index contributed by atoms with van der Waals surface area (Å²) in [5.41, 5.74) is 2.26. The van der Waals surface area contributed by atoms with E-state index in [4.69, 9.17) is 4.43 Å². The van der Waals surface area contributed by atoms with Gasteiger partial charge in [0, 0.05) is 11.3 Å². The van der Waals surface area contributed by atoms with Gasteiger partial charge in [-0.3, -0.25) is 0 Å². The zero-order valence-electron chi connectivity index (χ0n) is 18.6. The molecular formula is C24H36O4Si. The highest BCUT2D eigenvalue weighted by Crippen LogP contribution is 2.61. The highest BCUT2D eigenvalue weighted by Gasteiger charge is 2.59. The Morgan fingerprint density at radius 1 is 1.10 bits per heavy atom. The summed E-state index contributed by atoms with van der Waals surface area (Å²) in [6, 6.07) is 6.58. The Hall–Kier alpha value is -1.46. The van der Waals surface area contributed by atoms with E-state index in [-0.39, 0.29) is 28.4 Å². The zero-order chi connectivity index (χ0) is 21.4. The average molecular weight is 417 g/mol. The summed E-state index contributed by atoms with van der Waals surface area (Å²) < 4.78 is 6.52. The third kappa shape index (κ3) is 3.04. The smallest absolute Gasteiger partial charge is 0.250 e. The summed E-state index contributed by atoms with van der Waals surface area (Å²) in [5, 5.41) is 31.5. The van der Waals surface area contributed by atoms with Crippen molar-refractivity contribution < 1.29 is 19.7 Å². The molecule has 5 heteroatoms. The third-order valence-electron chi connectivity index (χ3n) is 8.53. The van der Waals surface area contributed by atoms with Crippen LogP contribution < -0.4 is 4.43 Å². The molecule has 29 heavy (non-hydrogen) atoms. The molecule has 0 heterocycles. The molecular weight excluding hydrogens is 380 g/mol. The molecule has 3 N–H and O–H groups in total. The van der Waals surface area contributed by atoms with Crippen LogP contribution in [-0.4, -0.2) is 29.7 Å². The van der Waals surface area contributed by atoms with Crippen LogP contribution in [0.4, 0.5) is 0 Å².